The van der Waals surface area contributed by atoms with Crippen molar-refractivity contribution in [2.75, 3.05) is 0 Å². The molecule has 3 atom stereocenters. The highest BCUT2D eigenvalue weighted by atomic mass is 14.8. The quantitative estimate of drug-likeness (QED) is 0.657. The largest absolute Gasteiger partial charge is 0.321 e. The summed E-state index contributed by atoms with van der Waals surface area (Å²) in [5.74, 6) is 1.28. The van der Waals surface area contributed by atoms with E-state index in [2.05, 4.69) is 43.3 Å². The highest BCUT2D eigenvalue weighted by Crippen LogP contribution is 2.48. The SMILES string of the molecule is C[C@@H]1C[C@@H]2CC=CC[C@]2(N)c2ccccc21. The molecule has 0 spiro atoms. The fourth-order valence-corrected chi connectivity index (χ4v) is 3.46. The molecule has 0 heterocycles. The molecule has 1 heteroatoms. The van der Waals surface area contributed by atoms with Gasteiger partial charge in [0.2, 0.25) is 0 Å². The van der Waals surface area contributed by atoms with Gasteiger partial charge < -0.3 is 5.73 Å². The number of fused-ring (bicyclic) bond motifs is 3. The maximum atomic E-state index is 6.69. The van der Waals surface area contributed by atoms with Gasteiger partial charge in [0.1, 0.15) is 0 Å². The van der Waals surface area contributed by atoms with E-state index in [1.54, 1.807) is 0 Å². The molecule has 0 aliphatic heterocycles. The molecule has 0 saturated heterocycles. The van der Waals surface area contributed by atoms with E-state index < -0.39 is 0 Å². The highest BCUT2D eigenvalue weighted by Gasteiger charge is 2.42. The van der Waals surface area contributed by atoms with Crippen LogP contribution in [0.2, 0.25) is 0 Å². The predicted octanol–water partition coefficient (Wildman–Crippen LogP) is 3.31. The van der Waals surface area contributed by atoms with Crippen molar-refractivity contribution in [3.63, 3.8) is 0 Å². The van der Waals surface area contributed by atoms with Gasteiger partial charge in [0.05, 0.1) is 0 Å². The Balaban J connectivity index is 2.16. The first-order chi connectivity index (χ1) is 7.72. The fraction of sp³-hybridized carbons (Fsp3) is 0.467. The molecule has 1 aromatic rings. The molecule has 2 aliphatic carbocycles. The first kappa shape index (κ1) is 10.1. The maximum absolute atomic E-state index is 6.69. The Bertz CT molecular complexity index is 435. The Hall–Kier alpha value is -1.08. The van der Waals surface area contributed by atoms with Crippen LogP contribution in [0.4, 0.5) is 0 Å². The van der Waals surface area contributed by atoms with Gasteiger partial charge in [-0.05, 0) is 42.2 Å². The molecule has 0 radical (unpaired) electrons. The van der Waals surface area contributed by atoms with E-state index >= 15 is 0 Å². The van der Waals surface area contributed by atoms with Gasteiger partial charge in [0, 0.05) is 5.54 Å². The minimum atomic E-state index is -0.0994. The van der Waals surface area contributed by atoms with Crippen LogP contribution >= 0.6 is 0 Å². The summed E-state index contributed by atoms with van der Waals surface area (Å²) in [7, 11) is 0. The van der Waals surface area contributed by atoms with E-state index in [1.165, 1.54) is 17.5 Å². The van der Waals surface area contributed by atoms with Crippen molar-refractivity contribution in [3.05, 3.63) is 47.5 Å². The third-order valence-electron chi connectivity index (χ3n) is 4.40. The normalized spacial score (nSPS) is 36.6. The first-order valence-corrected chi connectivity index (χ1v) is 6.25. The molecular weight excluding hydrogens is 194 g/mol. The molecule has 1 aromatic carbocycles. The molecule has 2 N–H and O–H groups in total. The van der Waals surface area contributed by atoms with Gasteiger partial charge in [0.15, 0.2) is 0 Å². The number of allylic oxidation sites excluding steroid dienone is 1. The van der Waals surface area contributed by atoms with Crippen LogP contribution in [0, 0.1) is 5.92 Å². The Morgan fingerprint density at radius 3 is 2.94 bits per heavy atom. The van der Waals surface area contributed by atoms with E-state index in [9.17, 15) is 0 Å². The van der Waals surface area contributed by atoms with E-state index in [4.69, 9.17) is 5.73 Å². The minimum Gasteiger partial charge on any atom is -0.321 e. The fourth-order valence-electron chi connectivity index (χ4n) is 3.46. The Morgan fingerprint density at radius 1 is 1.25 bits per heavy atom. The van der Waals surface area contributed by atoms with Crippen LogP contribution < -0.4 is 5.73 Å². The van der Waals surface area contributed by atoms with Crippen LogP contribution in [-0.4, -0.2) is 0 Å². The summed E-state index contributed by atoms with van der Waals surface area (Å²) in [6.07, 6.45) is 7.94. The topological polar surface area (TPSA) is 26.0 Å². The molecule has 1 nitrogen and oxygen atoms in total. The summed E-state index contributed by atoms with van der Waals surface area (Å²) in [4.78, 5) is 0. The van der Waals surface area contributed by atoms with Crippen molar-refractivity contribution in [1.82, 2.24) is 0 Å². The molecule has 84 valence electrons. The maximum Gasteiger partial charge on any atom is 0.0479 e. The lowest BCUT2D eigenvalue weighted by molar-refractivity contribution is 0.217. The van der Waals surface area contributed by atoms with Crippen molar-refractivity contribution < 1.29 is 0 Å². The second-order valence-electron chi connectivity index (χ2n) is 5.37. The Morgan fingerprint density at radius 2 is 2.06 bits per heavy atom. The molecule has 0 fully saturated rings. The average molecular weight is 213 g/mol. The summed E-state index contributed by atoms with van der Waals surface area (Å²) in [5, 5.41) is 0. The van der Waals surface area contributed by atoms with Crippen molar-refractivity contribution in [3.8, 4) is 0 Å². The van der Waals surface area contributed by atoms with Crippen LogP contribution in [-0.2, 0) is 5.54 Å². The smallest absolute Gasteiger partial charge is 0.0479 e. The van der Waals surface area contributed by atoms with Crippen molar-refractivity contribution in [2.45, 2.75) is 37.6 Å². The lowest BCUT2D eigenvalue weighted by atomic mass is 9.62. The first-order valence-electron chi connectivity index (χ1n) is 6.25. The van der Waals surface area contributed by atoms with Gasteiger partial charge in [-0.15, -0.1) is 0 Å². The van der Waals surface area contributed by atoms with Crippen LogP contribution in [0.3, 0.4) is 0 Å². The van der Waals surface area contributed by atoms with Crippen LogP contribution in [0.1, 0.15) is 43.2 Å². The zero-order valence-electron chi connectivity index (χ0n) is 9.82. The summed E-state index contributed by atoms with van der Waals surface area (Å²) in [6.45, 7) is 2.33. The van der Waals surface area contributed by atoms with E-state index in [0.717, 1.165) is 12.8 Å². The lowest BCUT2D eigenvalue weighted by Gasteiger charge is -2.46. The van der Waals surface area contributed by atoms with Gasteiger partial charge in [-0.3, -0.25) is 0 Å². The summed E-state index contributed by atoms with van der Waals surface area (Å²) < 4.78 is 0. The molecule has 3 rings (SSSR count). The number of benzene rings is 1. The van der Waals surface area contributed by atoms with E-state index in [-0.39, 0.29) is 5.54 Å². The highest BCUT2D eigenvalue weighted by molar-refractivity contribution is 5.40. The van der Waals surface area contributed by atoms with Crippen LogP contribution in [0.15, 0.2) is 36.4 Å². The van der Waals surface area contributed by atoms with Gasteiger partial charge >= 0.3 is 0 Å². The number of rotatable bonds is 0. The summed E-state index contributed by atoms with van der Waals surface area (Å²) >= 11 is 0. The average Bonchev–Trinajstić information content (AvgIpc) is 2.31. The van der Waals surface area contributed by atoms with E-state index in [1.807, 2.05) is 0 Å². The standard InChI is InChI=1S/C15H19N/c1-11-10-12-6-4-5-9-15(12,16)14-8-3-2-7-13(11)14/h2-5,7-8,11-12H,6,9-10,16H2,1H3/t11-,12+,15-/m1/s1. The summed E-state index contributed by atoms with van der Waals surface area (Å²) in [6, 6.07) is 8.75. The van der Waals surface area contributed by atoms with Crippen LogP contribution in [0.5, 0.6) is 0 Å². The number of hydrogen-bond acceptors (Lipinski definition) is 1. The van der Waals surface area contributed by atoms with Crippen molar-refractivity contribution >= 4 is 0 Å². The molecule has 0 bridgehead atoms. The predicted molar refractivity (Wildman–Crippen MR) is 67.2 cm³/mol. The molecule has 0 aromatic heterocycles. The second kappa shape index (κ2) is 3.46. The van der Waals surface area contributed by atoms with Crippen LogP contribution in [0.25, 0.3) is 0 Å². The molecular formula is C15H19N. The zero-order valence-corrected chi connectivity index (χ0v) is 9.82. The molecule has 0 saturated carbocycles. The molecule has 16 heavy (non-hydrogen) atoms. The number of nitrogens with two attached hydrogens (primary N) is 1. The summed E-state index contributed by atoms with van der Waals surface area (Å²) in [5.41, 5.74) is 9.45. The second-order valence-corrected chi connectivity index (χ2v) is 5.37. The molecule has 0 unspecified atom stereocenters. The molecule has 0 amide bonds. The number of hydrogen-bond donors (Lipinski definition) is 1. The van der Waals surface area contributed by atoms with Gasteiger partial charge in [-0.2, -0.15) is 0 Å². The zero-order chi connectivity index (χ0) is 11.2. The van der Waals surface area contributed by atoms with Gasteiger partial charge in [0.25, 0.3) is 0 Å². The third kappa shape index (κ3) is 1.28. The monoisotopic (exact) mass is 213 g/mol. The Kier molecular flexibility index (Phi) is 2.18. The lowest BCUT2D eigenvalue weighted by Crippen LogP contribution is -2.48. The van der Waals surface area contributed by atoms with Crippen molar-refractivity contribution in [1.29, 1.82) is 0 Å². The van der Waals surface area contributed by atoms with Gasteiger partial charge in [-0.1, -0.05) is 43.3 Å². The van der Waals surface area contributed by atoms with Crippen molar-refractivity contribution in [2.24, 2.45) is 11.7 Å². The third-order valence-corrected chi connectivity index (χ3v) is 4.40. The van der Waals surface area contributed by atoms with Gasteiger partial charge in [-0.25, -0.2) is 0 Å². The Labute approximate surface area is 97.4 Å². The van der Waals surface area contributed by atoms with E-state index in [0.29, 0.717) is 11.8 Å². The minimum absolute atomic E-state index is 0.0994. The molecule has 2 aliphatic rings.